The largest absolute Gasteiger partial charge is 0.393 e. The van der Waals surface area contributed by atoms with Crippen molar-refractivity contribution in [2.24, 2.45) is 5.92 Å². The molecule has 1 aliphatic rings. The monoisotopic (exact) mass is 245 g/mol. The van der Waals surface area contributed by atoms with E-state index in [9.17, 15) is 13.5 Å². The zero-order chi connectivity index (χ0) is 11.8. The number of aliphatic hydroxyl groups excluding tert-OH is 1. The Morgan fingerprint density at radius 1 is 1.62 bits per heavy atom. The maximum absolute atomic E-state index is 12.1. The van der Waals surface area contributed by atoms with Gasteiger partial charge in [0.05, 0.1) is 18.6 Å². The molecule has 2 atom stereocenters. The van der Waals surface area contributed by atoms with Gasteiger partial charge in [-0.1, -0.05) is 6.92 Å². The van der Waals surface area contributed by atoms with Crippen LogP contribution in [0.25, 0.3) is 0 Å². The minimum absolute atomic E-state index is 0.0357. The number of piperidine rings is 1. The normalized spacial score (nSPS) is 28.1. The molecular formula is C9H15N3O3S. The average Bonchev–Trinajstić information content (AvgIpc) is 2.75. The fourth-order valence-electron chi connectivity index (χ4n) is 1.84. The van der Waals surface area contributed by atoms with Crippen LogP contribution < -0.4 is 0 Å². The van der Waals surface area contributed by atoms with Crippen molar-refractivity contribution in [1.29, 1.82) is 0 Å². The summed E-state index contributed by atoms with van der Waals surface area (Å²) in [6.07, 6.45) is 2.71. The molecule has 1 fully saturated rings. The molecule has 2 unspecified atom stereocenters. The van der Waals surface area contributed by atoms with Crippen molar-refractivity contribution in [1.82, 2.24) is 14.3 Å². The highest BCUT2D eigenvalue weighted by molar-refractivity contribution is 7.89. The van der Waals surface area contributed by atoms with E-state index in [-0.39, 0.29) is 10.9 Å². The number of hydrogen-bond donors (Lipinski definition) is 2. The van der Waals surface area contributed by atoms with Crippen molar-refractivity contribution >= 4 is 10.0 Å². The number of aromatic nitrogens is 2. The molecule has 1 saturated heterocycles. The molecule has 0 amide bonds. The third-order valence-electron chi connectivity index (χ3n) is 2.91. The van der Waals surface area contributed by atoms with Gasteiger partial charge in [0, 0.05) is 13.1 Å². The first-order chi connectivity index (χ1) is 7.51. The highest BCUT2D eigenvalue weighted by Crippen LogP contribution is 2.22. The van der Waals surface area contributed by atoms with Gasteiger partial charge in [-0.3, -0.25) is 0 Å². The molecule has 2 N–H and O–H groups in total. The van der Waals surface area contributed by atoms with Crippen molar-refractivity contribution in [2.75, 3.05) is 13.1 Å². The Kier molecular flexibility index (Phi) is 3.00. The Bertz CT molecular complexity index is 443. The van der Waals surface area contributed by atoms with Gasteiger partial charge < -0.3 is 10.1 Å². The second-order valence-corrected chi connectivity index (χ2v) is 6.02. The van der Waals surface area contributed by atoms with Crippen LogP contribution in [0.4, 0.5) is 0 Å². The summed E-state index contributed by atoms with van der Waals surface area (Å²) in [4.78, 5) is 6.30. The molecule has 0 aliphatic carbocycles. The third-order valence-corrected chi connectivity index (χ3v) is 4.70. The maximum atomic E-state index is 12.1. The van der Waals surface area contributed by atoms with E-state index in [1.165, 1.54) is 16.8 Å². The molecule has 1 aromatic heterocycles. The van der Waals surface area contributed by atoms with Gasteiger partial charge in [0.25, 0.3) is 10.0 Å². The van der Waals surface area contributed by atoms with Crippen molar-refractivity contribution in [3.05, 3.63) is 12.5 Å². The summed E-state index contributed by atoms with van der Waals surface area (Å²) in [7, 11) is -3.47. The van der Waals surface area contributed by atoms with Crippen LogP contribution in [0.5, 0.6) is 0 Å². The Hall–Kier alpha value is -0.920. The summed E-state index contributed by atoms with van der Waals surface area (Å²) >= 11 is 0. The van der Waals surface area contributed by atoms with E-state index in [1.54, 1.807) is 0 Å². The van der Waals surface area contributed by atoms with Gasteiger partial charge in [0.2, 0.25) is 0 Å². The first-order valence-electron chi connectivity index (χ1n) is 5.18. The van der Waals surface area contributed by atoms with E-state index in [2.05, 4.69) is 9.97 Å². The maximum Gasteiger partial charge on any atom is 0.260 e. The molecule has 0 spiro atoms. The van der Waals surface area contributed by atoms with E-state index in [0.717, 1.165) is 0 Å². The third kappa shape index (κ3) is 1.98. The lowest BCUT2D eigenvalue weighted by Gasteiger charge is -2.32. The highest BCUT2D eigenvalue weighted by atomic mass is 32.2. The number of aliphatic hydroxyl groups is 1. The van der Waals surface area contributed by atoms with Crippen LogP contribution in [0.2, 0.25) is 0 Å². The number of H-pyrrole nitrogens is 1. The molecule has 1 aliphatic heterocycles. The Morgan fingerprint density at radius 2 is 2.38 bits per heavy atom. The first-order valence-corrected chi connectivity index (χ1v) is 6.62. The molecule has 2 rings (SSSR count). The fourth-order valence-corrected chi connectivity index (χ4v) is 3.29. The predicted molar refractivity (Wildman–Crippen MR) is 57.1 cm³/mol. The van der Waals surface area contributed by atoms with Gasteiger partial charge in [-0.15, -0.1) is 0 Å². The lowest BCUT2D eigenvalue weighted by molar-refractivity contribution is 0.0628. The Labute approximate surface area is 94.4 Å². The van der Waals surface area contributed by atoms with E-state index < -0.39 is 16.1 Å². The van der Waals surface area contributed by atoms with E-state index in [1.807, 2.05) is 6.92 Å². The molecule has 0 saturated carbocycles. The molecule has 0 bridgehead atoms. The number of aromatic amines is 1. The number of hydrogen-bond acceptors (Lipinski definition) is 4. The standard InChI is InChI=1S/C9H15N3O3S/c1-7-5-12(3-2-8(7)13)16(14,15)9-4-10-6-11-9/h4,6-8,13H,2-3,5H2,1H3,(H,10,11). The van der Waals surface area contributed by atoms with Crippen LogP contribution in [0.1, 0.15) is 13.3 Å². The molecule has 7 heteroatoms. The van der Waals surface area contributed by atoms with Gasteiger partial charge in [0.15, 0.2) is 5.03 Å². The zero-order valence-corrected chi connectivity index (χ0v) is 9.81. The highest BCUT2D eigenvalue weighted by Gasteiger charge is 2.33. The van der Waals surface area contributed by atoms with E-state index in [0.29, 0.717) is 19.5 Å². The van der Waals surface area contributed by atoms with Crippen molar-refractivity contribution in [3.63, 3.8) is 0 Å². The lowest BCUT2D eigenvalue weighted by Crippen LogP contribution is -2.44. The molecule has 2 heterocycles. The average molecular weight is 245 g/mol. The van der Waals surface area contributed by atoms with Gasteiger partial charge in [0.1, 0.15) is 0 Å². The van der Waals surface area contributed by atoms with Crippen LogP contribution in [0.15, 0.2) is 17.6 Å². The number of rotatable bonds is 2. The molecule has 0 aromatic carbocycles. The van der Waals surface area contributed by atoms with Crippen LogP contribution in [-0.4, -0.2) is 47.0 Å². The van der Waals surface area contributed by atoms with Crippen LogP contribution in [0, 0.1) is 5.92 Å². The van der Waals surface area contributed by atoms with Gasteiger partial charge in [-0.25, -0.2) is 13.4 Å². The number of nitrogens with one attached hydrogen (secondary N) is 1. The Balaban J connectivity index is 2.20. The second-order valence-electron chi connectivity index (χ2n) is 4.11. The summed E-state index contributed by atoms with van der Waals surface area (Å²) in [6, 6.07) is 0. The molecular weight excluding hydrogens is 230 g/mol. The minimum Gasteiger partial charge on any atom is -0.393 e. The smallest absolute Gasteiger partial charge is 0.260 e. The van der Waals surface area contributed by atoms with E-state index in [4.69, 9.17) is 0 Å². The number of nitrogens with zero attached hydrogens (tertiary/aromatic N) is 2. The molecule has 16 heavy (non-hydrogen) atoms. The quantitative estimate of drug-likeness (QED) is 0.755. The SMILES string of the molecule is CC1CN(S(=O)(=O)c2cnc[nH]2)CCC1O. The zero-order valence-electron chi connectivity index (χ0n) is 9.00. The summed E-state index contributed by atoms with van der Waals surface area (Å²) in [6.45, 7) is 2.55. The summed E-state index contributed by atoms with van der Waals surface area (Å²) < 4.78 is 25.5. The molecule has 1 aromatic rings. The first kappa shape index (κ1) is 11.6. The van der Waals surface area contributed by atoms with E-state index >= 15 is 0 Å². The van der Waals surface area contributed by atoms with Crippen LogP contribution >= 0.6 is 0 Å². The molecule has 90 valence electrons. The minimum atomic E-state index is -3.47. The topological polar surface area (TPSA) is 86.3 Å². The fraction of sp³-hybridized carbons (Fsp3) is 0.667. The number of sulfonamides is 1. The summed E-state index contributed by atoms with van der Waals surface area (Å²) in [5.74, 6) is -0.0357. The van der Waals surface area contributed by atoms with Crippen molar-refractivity contribution < 1.29 is 13.5 Å². The number of imidazole rings is 1. The summed E-state index contributed by atoms with van der Waals surface area (Å²) in [5.41, 5.74) is 0. The van der Waals surface area contributed by atoms with Crippen LogP contribution in [0.3, 0.4) is 0 Å². The predicted octanol–water partition coefficient (Wildman–Crippen LogP) is -0.199. The molecule has 6 nitrogen and oxygen atoms in total. The van der Waals surface area contributed by atoms with Crippen molar-refractivity contribution in [3.8, 4) is 0 Å². The lowest BCUT2D eigenvalue weighted by atomic mass is 9.99. The van der Waals surface area contributed by atoms with Gasteiger partial charge >= 0.3 is 0 Å². The second kappa shape index (κ2) is 4.15. The van der Waals surface area contributed by atoms with Gasteiger partial charge in [-0.05, 0) is 12.3 Å². The molecule has 0 radical (unpaired) electrons. The van der Waals surface area contributed by atoms with Crippen molar-refractivity contribution in [2.45, 2.75) is 24.5 Å². The summed E-state index contributed by atoms with van der Waals surface area (Å²) in [5, 5.41) is 9.66. The van der Waals surface area contributed by atoms with Gasteiger partial charge in [-0.2, -0.15) is 4.31 Å². The van der Waals surface area contributed by atoms with Crippen LogP contribution in [-0.2, 0) is 10.0 Å². The Morgan fingerprint density at radius 3 is 2.94 bits per heavy atom.